The van der Waals surface area contributed by atoms with Crippen molar-refractivity contribution in [3.05, 3.63) is 59.2 Å². The van der Waals surface area contributed by atoms with Gasteiger partial charge in [0.25, 0.3) is 5.91 Å². The smallest absolute Gasteiger partial charge is 0.257 e. The van der Waals surface area contributed by atoms with Crippen molar-refractivity contribution in [2.24, 2.45) is 0 Å². The molecule has 2 aromatic rings. The van der Waals surface area contributed by atoms with Gasteiger partial charge < -0.3 is 24.4 Å². The van der Waals surface area contributed by atoms with E-state index in [2.05, 4.69) is 41.1 Å². The Kier molecular flexibility index (Phi) is 7.04. The maximum Gasteiger partial charge on any atom is 0.257 e. The van der Waals surface area contributed by atoms with Gasteiger partial charge in [-0.1, -0.05) is 24.3 Å². The van der Waals surface area contributed by atoms with Crippen molar-refractivity contribution in [1.82, 2.24) is 14.7 Å². The standard InChI is InChI=1S/C27H35N3O4/c1-28-11-4-7-24(19-28)34-23-8-9-25-26(15-23)33-14-13-30(27(25)32)18-22(31)17-29-12-10-20-5-2-3-6-21(20)16-29/h2-3,5-6,8-9,15,22,24,31H,4,7,10-14,16-19H2,1H3/t22?,24-/m0/s1. The van der Waals surface area contributed by atoms with Gasteiger partial charge in [0.1, 0.15) is 24.2 Å². The highest BCUT2D eigenvalue weighted by Gasteiger charge is 2.28. The Morgan fingerprint density at radius 3 is 2.82 bits per heavy atom. The zero-order valence-electron chi connectivity index (χ0n) is 20.0. The fourth-order valence-corrected chi connectivity index (χ4v) is 5.31. The molecule has 3 aliphatic heterocycles. The van der Waals surface area contributed by atoms with Crippen molar-refractivity contribution >= 4 is 5.91 Å². The predicted octanol–water partition coefficient (Wildman–Crippen LogP) is 2.41. The third-order valence-corrected chi connectivity index (χ3v) is 7.08. The first-order chi connectivity index (χ1) is 16.5. The van der Waals surface area contributed by atoms with E-state index < -0.39 is 6.10 Å². The van der Waals surface area contributed by atoms with E-state index in [0.29, 0.717) is 37.6 Å². The summed E-state index contributed by atoms with van der Waals surface area (Å²) in [6.07, 6.45) is 2.71. The third-order valence-electron chi connectivity index (χ3n) is 7.08. The molecule has 0 bridgehead atoms. The molecule has 7 nitrogen and oxygen atoms in total. The van der Waals surface area contributed by atoms with Gasteiger partial charge in [-0.3, -0.25) is 9.69 Å². The van der Waals surface area contributed by atoms with Crippen LogP contribution in [0.2, 0.25) is 0 Å². The summed E-state index contributed by atoms with van der Waals surface area (Å²) in [5, 5.41) is 10.8. The van der Waals surface area contributed by atoms with Gasteiger partial charge in [-0.2, -0.15) is 0 Å². The molecule has 0 aromatic heterocycles. The minimum absolute atomic E-state index is 0.0977. The molecule has 2 atom stereocenters. The van der Waals surface area contributed by atoms with Crippen molar-refractivity contribution in [2.75, 3.05) is 52.9 Å². The number of piperidine rings is 1. The van der Waals surface area contributed by atoms with Crippen LogP contribution in [0.4, 0.5) is 0 Å². The van der Waals surface area contributed by atoms with Crippen LogP contribution in [0.3, 0.4) is 0 Å². The maximum absolute atomic E-state index is 13.2. The first kappa shape index (κ1) is 23.1. The fraction of sp³-hybridized carbons (Fsp3) is 0.519. The predicted molar refractivity (Wildman–Crippen MR) is 130 cm³/mol. The zero-order valence-corrected chi connectivity index (χ0v) is 20.0. The van der Waals surface area contributed by atoms with E-state index in [-0.39, 0.29) is 12.0 Å². The quantitative estimate of drug-likeness (QED) is 0.707. The molecule has 2 aromatic carbocycles. The number of hydrogen-bond acceptors (Lipinski definition) is 6. The first-order valence-electron chi connectivity index (χ1n) is 12.4. The molecule has 1 fully saturated rings. The van der Waals surface area contributed by atoms with E-state index >= 15 is 0 Å². The number of aliphatic hydroxyl groups is 1. The first-order valence-corrected chi connectivity index (χ1v) is 12.4. The average molecular weight is 466 g/mol. The second kappa shape index (κ2) is 10.3. The molecule has 182 valence electrons. The lowest BCUT2D eigenvalue weighted by Crippen LogP contribution is -2.44. The summed E-state index contributed by atoms with van der Waals surface area (Å²) in [5.41, 5.74) is 3.25. The van der Waals surface area contributed by atoms with Gasteiger partial charge in [-0.05, 0) is 56.1 Å². The van der Waals surface area contributed by atoms with E-state index in [1.54, 1.807) is 11.0 Å². The van der Waals surface area contributed by atoms with Crippen LogP contribution in [-0.2, 0) is 13.0 Å². The minimum atomic E-state index is -0.610. The van der Waals surface area contributed by atoms with Crippen molar-refractivity contribution in [2.45, 2.75) is 38.0 Å². The number of carbonyl (C=O) groups is 1. The van der Waals surface area contributed by atoms with Crippen LogP contribution in [0.15, 0.2) is 42.5 Å². The summed E-state index contributed by atoms with van der Waals surface area (Å²) < 4.78 is 12.1. The second-order valence-corrected chi connectivity index (χ2v) is 9.81. The fourth-order valence-electron chi connectivity index (χ4n) is 5.31. The number of aliphatic hydroxyl groups excluding tert-OH is 1. The van der Waals surface area contributed by atoms with Crippen LogP contribution < -0.4 is 9.47 Å². The lowest BCUT2D eigenvalue weighted by molar-refractivity contribution is 0.0501. The highest BCUT2D eigenvalue weighted by Crippen LogP contribution is 2.29. The van der Waals surface area contributed by atoms with Crippen LogP contribution >= 0.6 is 0 Å². The number of likely N-dealkylation sites (N-methyl/N-ethyl adjacent to an activating group) is 1. The van der Waals surface area contributed by atoms with Gasteiger partial charge in [0.15, 0.2) is 0 Å². The summed E-state index contributed by atoms with van der Waals surface area (Å²) in [6.45, 7) is 5.48. The number of ether oxygens (including phenoxy) is 2. The Morgan fingerprint density at radius 1 is 1.12 bits per heavy atom. The van der Waals surface area contributed by atoms with Crippen molar-refractivity contribution < 1.29 is 19.4 Å². The van der Waals surface area contributed by atoms with Crippen LogP contribution in [0.25, 0.3) is 0 Å². The van der Waals surface area contributed by atoms with E-state index in [4.69, 9.17) is 9.47 Å². The average Bonchev–Trinajstić information content (AvgIpc) is 2.97. The number of fused-ring (bicyclic) bond motifs is 2. The summed E-state index contributed by atoms with van der Waals surface area (Å²) in [6, 6.07) is 14.0. The minimum Gasteiger partial charge on any atom is -0.491 e. The number of carbonyl (C=O) groups excluding carboxylic acids is 1. The highest BCUT2D eigenvalue weighted by atomic mass is 16.5. The van der Waals surface area contributed by atoms with Crippen LogP contribution in [0, 0.1) is 0 Å². The van der Waals surface area contributed by atoms with Gasteiger partial charge in [0.05, 0.1) is 18.2 Å². The normalized spacial score (nSPS) is 22.4. The molecular formula is C27H35N3O4. The van der Waals surface area contributed by atoms with Gasteiger partial charge >= 0.3 is 0 Å². The molecule has 0 aliphatic carbocycles. The number of hydrogen-bond donors (Lipinski definition) is 1. The van der Waals surface area contributed by atoms with Gasteiger partial charge in [-0.15, -0.1) is 0 Å². The maximum atomic E-state index is 13.2. The third kappa shape index (κ3) is 5.37. The molecule has 3 aliphatic rings. The van der Waals surface area contributed by atoms with Crippen LogP contribution in [-0.4, -0.2) is 90.8 Å². The molecule has 7 heteroatoms. The summed E-state index contributed by atoms with van der Waals surface area (Å²) in [4.78, 5) is 19.5. The lowest BCUT2D eigenvalue weighted by atomic mass is 10.00. The molecule has 34 heavy (non-hydrogen) atoms. The van der Waals surface area contributed by atoms with Crippen LogP contribution in [0.5, 0.6) is 11.5 Å². The van der Waals surface area contributed by atoms with Gasteiger partial charge in [0.2, 0.25) is 0 Å². The summed E-state index contributed by atoms with van der Waals surface area (Å²) >= 11 is 0. The Balaban J connectivity index is 1.19. The molecular weight excluding hydrogens is 430 g/mol. The van der Waals surface area contributed by atoms with Gasteiger partial charge in [0, 0.05) is 38.8 Å². The van der Waals surface area contributed by atoms with E-state index in [1.165, 1.54) is 11.1 Å². The number of rotatable bonds is 6. The number of β-amino-alcohol motifs (C(OH)–C–C–N with tert-alkyl or cyclic N) is 1. The molecule has 1 saturated heterocycles. The summed E-state index contributed by atoms with van der Waals surface area (Å²) in [5.74, 6) is 1.21. The van der Waals surface area contributed by atoms with E-state index in [0.717, 1.165) is 51.2 Å². The van der Waals surface area contributed by atoms with Crippen molar-refractivity contribution in [3.8, 4) is 11.5 Å². The van der Waals surface area contributed by atoms with E-state index in [1.807, 2.05) is 12.1 Å². The molecule has 5 rings (SSSR count). The number of amides is 1. The Morgan fingerprint density at radius 2 is 1.97 bits per heavy atom. The molecule has 0 spiro atoms. The SMILES string of the molecule is CN1CCC[C@H](Oc2ccc3c(c2)OCCN(CC(O)CN2CCc4ccccc4C2)C3=O)C1. The van der Waals surface area contributed by atoms with E-state index in [9.17, 15) is 9.90 Å². The van der Waals surface area contributed by atoms with Crippen LogP contribution in [0.1, 0.15) is 34.3 Å². The Labute approximate surface area is 201 Å². The Hall–Kier alpha value is -2.61. The molecule has 3 heterocycles. The summed E-state index contributed by atoms with van der Waals surface area (Å²) in [7, 11) is 2.11. The topological polar surface area (TPSA) is 65.5 Å². The highest BCUT2D eigenvalue weighted by molar-refractivity contribution is 5.97. The molecule has 0 saturated carbocycles. The molecule has 0 radical (unpaired) electrons. The molecule has 1 unspecified atom stereocenters. The largest absolute Gasteiger partial charge is 0.491 e. The molecule has 1 amide bonds. The zero-order chi connectivity index (χ0) is 23.5. The number of likely N-dealkylation sites (tertiary alicyclic amines) is 1. The number of benzene rings is 2. The van der Waals surface area contributed by atoms with Crippen molar-refractivity contribution in [1.29, 1.82) is 0 Å². The molecule has 1 N–H and O–H groups in total. The number of nitrogens with zero attached hydrogens (tertiary/aromatic N) is 3. The lowest BCUT2D eigenvalue weighted by Gasteiger charge is -2.32. The second-order valence-electron chi connectivity index (χ2n) is 9.81. The Bertz CT molecular complexity index is 1010. The van der Waals surface area contributed by atoms with Gasteiger partial charge in [-0.25, -0.2) is 0 Å². The monoisotopic (exact) mass is 465 g/mol. The van der Waals surface area contributed by atoms with Crippen molar-refractivity contribution in [3.63, 3.8) is 0 Å².